The second-order valence-electron chi connectivity index (χ2n) is 3.70. The molecule has 1 N–H and O–H groups in total. The lowest BCUT2D eigenvalue weighted by molar-refractivity contribution is 0.419. The van der Waals surface area contributed by atoms with E-state index in [1.807, 2.05) is 13.2 Å². The zero-order chi connectivity index (χ0) is 10.6. The average molecular weight is 195 g/mol. The Balaban J connectivity index is 2.87. The fourth-order valence-electron chi connectivity index (χ4n) is 1.83. The maximum atomic E-state index is 4.45. The predicted molar refractivity (Wildman–Crippen MR) is 59.3 cm³/mol. The van der Waals surface area contributed by atoms with E-state index < -0.39 is 0 Å². The van der Waals surface area contributed by atoms with E-state index in [0.717, 1.165) is 19.4 Å². The normalized spacial score (nSPS) is 11.2. The van der Waals surface area contributed by atoms with E-state index in [0.29, 0.717) is 6.04 Å². The molecule has 14 heavy (non-hydrogen) atoms. The van der Waals surface area contributed by atoms with Gasteiger partial charge in [-0.2, -0.15) is 5.10 Å². The first-order valence-electron chi connectivity index (χ1n) is 5.42. The molecule has 0 aliphatic carbocycles. The Morgan fingerprint density at radius 1 is 1.43 bits per heavy atom. The summed E-state index contributed by atoms with van der Waals surface area (Å²) < 4.78 is 2.16. The SMILES string of the molecule is CCC(CC)n1ncc(CNC)c1C. The van der Waals surface area contributed by atoms with E-state index in [2.05, 4.69) is 35.9 Å². The van der Waals surface area contributed by atoms with Crippen LogP contribution in [0.5, 0.6) is 0 Å². The molecular formula is C11H21N3. The smallest absolute Gasteiger partial charge is 0.0537 e. The van der Waals surface area contributed by atoms with Crippen molar-refractivity contribution in [3.05, 3.63) is 17.5 Å². The number of nitrogens with one attached hydrogen (secondary N) is 1. The van der Waals surface area contributed by atoms with Crippen molar-refractivity contribution in [3.63, 3.8) is 0 Å². The Kier molecular flexibility index (Phi) is 4.14. The van der Waals surface area contributed by atoms with Crippen molar-refractivity contribution in [2.45, 2.75) is 46.2 Å². The summed E-state index contributed by atoms with van der Waals surface area (Å²) in [5.74, 6) is 0. The van der Waals surface area contributed by atoms with Gasteiger partial charge in [0.05, 0.1) is 12.2 Å². The second-order valence-corrected chi connectivity index (χ2v) is 3.70. The van der Waals surface area contributed by atoms with Crippen LogP contribution in [0.25, 0.3) is 0 Å². The Hall–Kier alpha value is -0.830. The molecule has 0 bridgehead atoms. The highest BCUT2D eigenvalue weighted by molar-refractivity contribution is 5.16. The van der Waals surface area contributed by atoms with Gasteiger partial charge in [-0.25, -0.2) is 0 Å². The minimum absolute atomic E-state index is 0.556. The van der Waals surface area contributed by atoms with Gasteiger partial charge in [0.15, 0.2) is 0 Å². The van der Waals surface area contributed by atoms with Gasteiger partial charge in [0.1, 0.15) is 0 Å². The van der Waals surface area contributed by atoms with Crippen LogP contribution in [0.4, 0.5) is 0 Å². The fraction of sp³-hybridized carbons (Fsp3) is 0.727. The molecule has 0 atom stereocenters. The molecule has 0 saturated heterocycles. The highest BCUT2D eigenvalue weighted by Crippen LogP contribution is 2.18. The highest BCUT2D eigenvalue weighted by Gasteiger charge is 2.11. The average Bonchev–Trinajstić information content (AvgIpc) is 2.53. The number of nitrogens with zero attached hydrogens (tertiary/aromatic N) is 2. The van der Waals surface area contributed by atoms with Crippen LogP contribution in [-0.2, 0) is 6.54 Å². The standard InChI is InChI=1S/C11H21N3/c1-5-11(6-2)14-9(3)10(7-12-4)8-13-14/h8,11-12H,5-7H2,1-4H3. The lowest BCUT2D eigenvalue weighted by Crippen LogP contribution is -2.12. The first-order valence-corrected chi connectivity index (χ1v) is 5.42. The maximum absolute atomic E-state index is 4.45. The molecule has 0 amide bonds. The molecule has 1 aromatic heterocycles. The van der Waals surface area contributed by atoms with Crippen molar-refractivity contribution in [1.29, 1.82) is 0 Å². The van der Waals surface area contributed by atoms with Crippen LogP contribution in [0.2, 0.25) is 0 Å². The fourth-order valence-corrected chi connectivity index (χ4v) is 1.83. The van der Waals surface area contributed by atoms with Crippen molar-refractivity contribution in [2.75, 3.05) is 7.05 Å². The van der Waals surface area contributed by atoms with E-state index in [4.69, 9.17) is 0 Å². The van der Waals surface area contributed by atoms with Crippen LogP contribution in [0.15, 0.2) is 6.20 Å². The van der Waals surface area contributed by atoms with E-state index >= 15 is 0 Å². The van der Waals surface area contributed by atoms with Crippen molar-refractivity contribution >= 4 is 0 Å². The Morgan fingerprint density at radius 2 is 2.07 bits per heavy atom. The number of rotatable bonds is 5. The van der Waals surface area contributed by atoms with Crippen LogP contribution in [-0.4, -0.2) is 16.8 Å². The molecule has 0 spiro atoms. The van der Waals surface area contributed by atoms with E-state index in [-0.39, 0.29) is 0 Å². The van der Waals surface area contributed by atoms with Gasteiger partial charge in [0.25, 0.3) is 0 Å². The zero-order valence-electron chi connectivity index (χ0n) is 9.67. The largest absolute Gasteiger partial charge is 0.316 e. The van der Waals surface area contributed by atoms with E-state index in [1.165, 1.54) is 11.3 Å². The summed E-state index contributed by atoms with van der Waals surface area (Å²) in [5, 5.41) is 7.61. The van der Waals surface area contributed by atoms with Crippen LogP contribution in [0, 0.1) is 6.92 Å². The van der Waals surface area contributed by atoms with Crippen LogP contribution in [0.1, 0.15) is 44.0 Å². The zero-order valence-corrected chi connectivity index (χ0v) is 9.67. The number of hydrogen-bond acceptors (Lipinski definition) is 2. The minimum atomic E-state index is 0.556. The molecule has 0 unspecified atom stereocenters. The molecule has 3 nitrogen and oxygen atoms in total. The molecule has 0 saturated carbocycles. The third-order valence-corrected chi connectivity index (χ3v) is 2.80. The van der Waals surface area contributed by atoms with Crippen LogP contribution >= 0.6 is 0 Å². The van der Waals surface area contributed by atoms with Crippen molar-refractivity contribution in [2.24, 2.45) is 0 Å². The molecule has 0 aliphatic heterocycles. The van der Waals surface area contributed by atoms with Crippen molar-refractivity contribution in [3.8, 4) is 0 Å². The van der Waals surface area contributed by atoms with Crippen LogP contribution in [0.3, 0.4) is 0 Å². The molecule has 1 aromatic rings. The third kappa shape index (κ3) is 2.15. The van der Waals surface area contributed by atoms with Crippen molar-refractivity contribution in [1.82, 2.24) is 15.1 Å². The summed E-state index contributed by atoms with van der Waals surface area (Å²) in [6, 6.07) is 0.556. The summed E-state index contributed by atoms with van der Waals surface area (Å²) in [5.41, 5.74) is 2.60. The Morgan fingerprint density at radius 3 is 2.57 bits per heavy atom. The quantitative estimate of drug-likeness (QED) is 0.781. The topological polar surface area (TPSA) is 29.9 Å². The lowest BCUT2D eigenvalue weighted by atomic mass is 10.1. The summed E-state index contributed by atoms with van der Waals surface area (Å²) in [7, 11) is 1.97. The monoisotopic (exact) mass is 195 g/mol. The lowest BCUT2D eigenvalue weighted by Gasteiger charge is -2.15. The summed E-state index contributed by atoms with van der Waals surface area (Å²) >= 11 is 0. The second kappa shape index (κ2) is 5.15. The number of hydrogen-bond donors (Lipinski definition) is 1. The van der Waals surface area contributed by atoms with Gasteiger partial charge in [0.2, 0.25) is 0 Å². The first kappa shape index (κ1) is 11.2. The van der Waals surface area contributed by atoms with Gasteiger partial charge in [-0.15, -0.1) is 0 Å². The molecule has 0 fully saturated rings. The molecular weight excluding hydrogens is 174 g/mol. The number of aromatic nitrogens is 2. The molecule has 0 radical (unpaired) electrons. The Bertz CT molecular complexity index is 274. The summed E-state index contributed by atoms with van der Waals surface area (Å²) in [4.78, 5) is 0. The first-order chi connectivity index (χ1) is 6.74. The van der Waals surface area contributed by atoms with Gasteiger partial charge < -0.3 is 5.32 Å². The molecule has 1 heterocycles. The Labute approximate surface area is 86.5 Å². The molecule has 3 heteroatoms. The molecule has 1 rings (SSSR count). The van der Waals surface area contributed by atoms with E-state index in [1.54, 1.807) is 0 Å². The van der Waals surface area contributed by atoms with Gasteiger partial charge >= 0.3 is 0 Å². The minimum Gasteiger partial charge on any atom is -0.316 e. The van der Waals surface area contributed by atoms with Crippen molar-refractivity contribution < 1.29 is 0 Å². The molecule has 0 aromatic carbocycles. The van der Waals surface area contributed by atoms with Crippen LogP contribution < -0.4 is 5.32 Å². The van der Waals surface area contributed by atoms with E-state index in [9.17, 15) is 0 Å². The maximum Gasteiger partial charge on any atom is 0.0537 e. The van der Waals surface area contributed by atoms with Gasteiger partial charge in [-0.1, -0.05) is 13.8 Å². The third-order valence-electron chi connectivity index (χ3n) is 2.80. The summed E-state index contributed by atoms with van der Waals surface area (Å²) in [6.07, 6.45) is 4.28. The van der Waals surface area contributed by atoms with Gasteiger partial charge in [0, 0.05) is 17.8 Å². The summed E-state index contributed by atoms with van der Waals surface area (Å²) in [6.45, 7) is 7.49. The molecule has 80 valence electrons. The highest BCUT2D eigenvalue weighted by atomic mass is 15.3. The van der Waals surface area contributed by atoms with Gasteiger partial charge in [-0.05, 0) is 26.8 Å². The van der Waals surface area contributed by atoms with Gasteiger partial charge in [-0.3, -0.25) is 4.68 Å². The molecule has 0 aliphatic rings. The predicted octanol–water partition coefficient (Wildman–Crippen LogP) is 2.27.